The second-order valence-electron chi connectivity index (χ2n) is 11.6. The van der Waals surface area contributed by atoms with Crippen LogP contribution in [0.3, 0.4) is 0 Å². The fourth-order valence-electron chi connectivity index (χ4n) is 6.82. The highest BCUT2D eigenvalue weighted by atomic mass is 16.4. The van der Waals surface area contributed by atoms with Crippen molar-refractivity contribution in [3.8, 4) is 44.5 Å². The van der Waals surface area contributed by atoms with Gasteiger partial charge in [0.1, 0.15) is 12.5 Å². The summed E-state index contributed by atoms with van der Waals surface area (Å²) in [5.41, 5.74) is 9.95. The zero-order valence-electron chi connectivity index (χ0n) is 24.4. The SMILES string of the molecule is O=c1ccc(-c2ccc(C3(c4ccc(-c5ccc(=O)oc5)c(-c5ccccc5)c4)CCCCC3)cc2-c2ccccc2)co1. The van der Waals surface area contributed by atoms with Gasteiger partial charge in [-0.2, -0.15) is 0 Å². The fourth-order valence-corrected chi connectivity index (χ4v) is 6.82. The smallest absolute Gasteiger partial charge is 0.335 e. The molecular weight excluding hydrogens is 544 g/mol. The predicted molar refractivity (Wildman–Crippen MR) is 176 cm³/mol. The maximum absolute atomic E-state index is 11.7. The van der Waals surface area contributed by atoms with Crippen LogP contribution in [0.5, 0.6) is 0 Å². The molecule has 7 rings (SSSR count). The van der Waals surface area contributed by atoms with Gasteiger partial charge < -0.3 is 8.83 Å². The van der Waals surface area contributed by atoms with Crippen LogP contribution in [0.2, 0.25) is 0 Å². The van der Waals surface area contributed by atoms with Crippen molar-refractivity contribution in [2.24, 2.45) is 0 Å². The second kappa shape index (κ2) is 11.8. The van der Waals surface area contributed by atoms with Crippen LogP contribution in [0.15, 0.2) is 152 Å². The summed E-state index contributed by atoms with van der Waals surface area (Å²) < 4.78 is 10.5. The maximum Gasteiger partial charge on any atom is 0.335 e. The molecule has 0 amide bonds. The van der Waals surface area contributed by atoms with Crippen LogP contribution in [0.1, 0.15) is 43.2 Å². The summed E-state index contributed by atoms with van der Waals surface area (Å²) >= 11 is 0. The molecule has 0 bridgehead atoms. The van der Waals surface area contributed by atoms with Gasteiger partial charge in [-0.05, 0) is 81.6 Å². The molecule has 0 saturated heterocycles. The predicted octanol–water partition coefficient (Wildman–Crippen LogP) is 9.51. The fraction of sp³-hybridized carbons (Fsp3) is 0.150. The van der Waals surface area contributed by atoms with Crippen LogP contribution in [-0.2, 0) is 5.41 Å². The van der Waals surface area contributed by atoms with Crippen LogP contribution in [-0.4, -0.2) is 0 Å². The van der Waals surface area contributed by atoms with E-state index in [1.165, 1.54) is 29.7 Å². The van der Waals surface area contributed by atoms with E-state index in [2.05, 4.69) is 84.9 Å². The average Bonchev–Trinajstić information content (AvgIpc) is 3.09. The van der Waals surface area contributed by atoms with Crippen molar-refractivity contribution in [1.29, 1.82) is 0 Å². The summed E-state index contributed by atoms with van der Waals surface area (Å²) in [5, 5.41) is 0. The number of hydrogen-bond donors (Lipinski definition) is 0. The standard InChI is InChI=1S/C40H32O4/c41-38-20-14-30(26-43-38)34-18-16-32(24-36(34)28-10-4-1-5-11-28)40(22-8-3-9-23-40)33-17-19-35(31-15-21-39(42)44-27-31)37(25-33)29-12-6-2-7-13-29/h1-2,4-7,10-21,24-27H,3,8-9,22-23H2. The third-order valence-corrected chi connectivity index (χ3v) is 9.05. The molecule has 216 valence electrons. The van der Waals surface area contributed by atoms with E-state index in [1.807, 2.05) is 24.3 Å². The van der Waals surface area contributed by atoms with Gasteiger partial charge in [-0.25, -0.2) is 9.59 Å². The van der Waals surface area contributed by atoms with Gasteiger partial charge >= 0.3 is 11.3 Å². The first-order chi connectivity index (χ1) is 21.6. The van der Waals surface area contributed by atoms with Crippen LogP contribution in [0, 0.1) is 0 Å². The summed E-state index contributed by atoms with van der Waals surface area (Å²) in [5.74, 6) is 0. The monoisotopic (exact) mass is 576 g/mol. The van der Waals surface area contributed by atoms with E-state index in [0.717, 1.165) is 70.2 Å². The van der Waals surface area contributed by atoms with Crippen molar-refractivity contribution in [1.82, 2.24) is 0 Å². The van der Waals surface area contributed by atoms with E-state index in [-0.39, 0.29) is 16.7 Å². The Morgan fingerprint density at radius 2 is 0.886 bits per heavy atom. The highest BCUT2D eigenvalue weighted by Crippen LogP contribution is 2.48. The largest absolute Gasteiger partial charge is 0.431 e. The second-order valence-corrected chi connectivity index (χ2v) is 11.6. The summed E-state index contributed by atoms with van der Waals surface area (Å²) in [6, 6.07) is 41.1. The van der Waals surface area contributed by atoms with Gasteiger partial charge in [-0.3, -0.25) is 0 Å². The summed E-state index contributed by atoms with van der Waals surface area (Å²) in [6.45, 7) is 0. The Hall–Kier alpha value is -5.22. The zero-order valence-corrected chi connectivity index (χ0v) is 24.4. The average molecular weight is 577 g/mol. The molecular formula is C40H32O4. The molecule has 6 aromatic rings. The van der Waals surface area contributed by atoms with Gasteiger partial charge in [0, 0.05) is 28.7 Å². The minimum Gasteiger partial charge on any atom is -0.431 e. The molecule has 44 heavy (non-hydrogen) atoms. The number of hydrogen-bond acceptors (Lipinski definition) is 4. The molecule has 4 heteroatoms. The lowest BCUT2D eigenvalue weighted by Crippen LogP contribution is -2.30. The first kappa shape index (κ1) is 27.6. The van der Waals surface area contributed by atoms with Gasteiger partial charge in [-0.15, -0.1) is 0 Å². The van der Waals surface area contributed by atoms with Gasteiger partial charge in [-0.1, -0.05) is 104 Å². The lowest BCUT2D eigenvalue weighted by atomic mass is 9.64. The van der Waals surface area contributed by atoms with Crippen molar-refractivity contribution in [3.05, 3.63) is 166 Å². The Morgan fingerprint density at radius 3 is 1.30 bits per heavy atom. The normalized spacial score (nSPS) is 14.3. The molecule has 1 aliphatic carbocycles. The highest BCUT2D eigenvalue weighted by molar-refractivity contribution is 5.85. The van der Waals surface area contributed by atoms with E-state index in [4.69, 9.17) is 8.83 Å². The molecule has 0 spiro atoms. The lowest BCUT2D eigenvalue weighted by molar-refractivity contribution is 0.346. The van der Waals surface area contributed by atoms with E-state index < -0.39 is 0 Å². The quantitative estimate of drug-likeness (QED) is 0.198. The van der Waals surface area contributed by atoms with Gasteiger partial charge in [0.25, 0.3) is 0 Å². The lowest BCUT2D eigenvalue weighted by Gasteiger charge is -2.39. The molecule has 1 fully saturated rings. The Kier molecular flexibility index (Phi) is 7.41. The van der Waals surface area contributed by atoms with E-state index in [0.29, 0.717) is 0 Å². The molecule has 2 heterocycles. The number of benzene rings is 4. The minimum absolute atomic E-state index is 0.172. The molecule has 0 N–H and O–H groups in total. The first-order valence-electron chi connectivity index (χ1n) is 15.2. The van der Waals surface area contributed by atoms with Crippen LogP contribution in [0.4, 0.5) is 0 Å². The molecule has 4 aromatic carbocycles. The Bertz CT molecular complexity index is 1850. The summed E-state index contributed by atoms with van der Waals surface area (Å²) in [7, 11) is 0. The van der Waals surface area contributed by atoms with Crippen molar-refractivity contribution in [2.75, 3.05) is 0 Å². The molecule has 4 nitrogen and oxygen atoms in total. The third-order valence-electron chi connectivity index (χ3n) is 9.05. The minimum atomic E-state index is -0.358. The van der Waals surface area contributed by atoms with Crippen LogP contribution >= 0.6 is 0 Å². The molecule has 0 atom stereocenters. The Morgan fingerprint density at radius 1 is 0.432 bits per heavy atom. The highest BCUT2D eigenvalue weighted by Gasteiger charge is 2.37. The van der Waals surface area contributed by atoms with Crippen molar-refractivity contribution >= 4 is 0 Å². The van der Waals surface area contributed by atoms with Gasteiger partial charge in [0.05, 0.1) is 0 Å². The van der Waals surface area contributed by atoms with Crippen LogP contribution < -0.4 is 11.3 Å². The molecule has 0 radical (unpaired) electrons. The molecule has 1 saturated carbocycles. The summed E-state index contributed by atoms with van der Waals surface area (Å²) in [6.07, 6.45) is 8.73. The third kappa shape index (κ3) is 5.24. The van der Waals surface area contributed by atoms with E-state index >= 15 is 0 Å². The Balaban J connectivity index is 1.43. The van der Waals surface area contributed by atoms with Crippen molar-refractivity contribution in [2.45, 2.75) is 37.5 Å². The van der Waals surface area contributed by atoms with E-state index in [1.54, 1.807) is 12.5 Å². The molecule has 0 unspecified atom stereocenters. The first-order valence-corrected chi connectivity index (χ1v) is 15.2. The molecule has 2 aromatic heterocycles. The van der Waals surface area contributed by atoms with E-state index in [9.17, 15) is 9.59 Å². The van der Waals surface area contributed by atoms with Gasteiger partial charge in [0.2, 0.25) is 0 Å². The number of rotatable bonds is 6. The zero-order chi connectivity index (χ0) is 29.9. The maximum atomic E-state index is 11.7. The summed E-state index contributed by atoms with van der Waals surface area (Å²) in [4.78, 5) is 23.5. The van der Waals surface area contributed by atoms with Gasteiger partial charge in [0.15, 0.2) is 0 Å². The van der Waals surface area contributed by atoms with Crippen LogP contribution in [0.25, 0.3) is 44.5 Å². The van der Waals surface area contributed by atoms with Crippen molar-refractivity contribution in [3.63, 3.8) is 0 Å². The Labute approximate surface area is 256 Å². The molecule has 0 aliphatic heterocycles. The van der Waals surface area contributed by atoms with Crippen molar-refractivity contribution < 1.29 is 8.83 Å². The molecule has 1 aliphatic rings. The topological polar surface area (TPSA) is 60.4 Å².